The Morgan fingerprint density at radius 1 is 0.741 bits per heavy atom. The van der Waals surface area contributed by atoms with Crippen LogP contribution in [0.3, 0.4) is 0 Å². The third kappa shape index (κ3) is 12.5. The summed E-state index contributed by atoms with van der Waals surface area (Å²) in [4.78, 5) is 43.4. The molecule has 152 valence electrons. The van der Waals surface area contributed by atoms with Crippen LogP contribution in [0.15, 0.2) is 0 Å². The van der Waals surface area contributed by atoms with Gasteiger partial charge in [0.2, 0.25) is 0 Å². The van der Waals surface area contributed by atoms with Crippen LogP contribution in [0.1, 0.15) is 67.2 Å². The number of rotatable bonds is 10. The third-order valence-electron chi connectivity index (χ3n) is 4.55. The molecule has 0 aliphatic heterocycles. The average molecular weight is 413 g/mol. The Kier molecular flexibility index (Phi) is 15.7. The summed E-state index contributed by atoms with van der Waals surface area (Å²) in [6.07, 6.45) is 0.490. The van der Waals surface area contributed by atoms with E-state index in [1.54, 1.807) is 27.7 Å². The number of aliphatic carboxylic acids is 2. The number of ketones is 2. The van der Waals surface area contributed by atoms with E-state index < -0.39 is 47.7 Å². The van der Waals surface area contributed by atoms with Crippen molar-refractivity contribution < 1.29 is 29.4 Å². The van der Waals surface area contributed by atoms with E-state index in [9.17, 15) is 29.4 Å². The first-order valence-electron chi connectivity index (χ1n) is 8.61. The molecule has 8 nitrogen and oxygen atoms in total. The summed E-state index contributed by atoms with van der Waals surface area (Å²) >= 11 is 0. The average Bonchev–Trinajstić information content (AvgIpc) is 2.52. The van der Waals surface area contributed by atoms with Gasteiger partial charge in [-0.3, -0.25) is 9.59 Å². The molecule has 0 rings (SSSR count). The molecule has 0 saturated carbocycles. The molecule has 0 spiro atoms. The second-order valence-electron chi connectivity index (χ2n) is 7.57. The monoisotopic (exact) mass is 412 g/mol. The van der Waals surface area contributed by atoms with Crippen molar-refractivity contribution in [3.8, 4) is 0 Å². The minimum absolute atomic E-state index is 0. The van der Waals surface area contributed by atoms with Gasteiger partial charge in [0.15, 0.2) is 11.6 Å². The fourth-order valence-electron chi connectivity index (χ4n) is 1.90. The van der Waals surface area contributed by atoms with Crippen molar-refractivity contribution in [1.82, 2.24) is 0 Å². The Morgan fingerprint density at radius 3 is 1.11 bits per heavy atom. The van der Waals surface area contributed by atoms with Gasteiger partial charge >= 0.3 is 37.7 Å². The maximum Gasteiger partial charge on any atom is 2.00 e. The maximum atomic E-state index is 11.5. The van der Waals surface area contributed by atoms with E-state index in [0.717, 1.165) is 0 Å². The van der Waals surface area contributed by atoms with Crippen LogP contribution in [0.25, 0.3) is 0 Å². The molecule has 0 saturated heterocycles. The predicted octanol–water partition coefficient (Wildman–Crippen LogP) is -1.46. The molecule has 2 unspecified atom stereocenters. The maximum absolute atomic E-state index is 11.5. The Labute approximate surface area is 191 Å². The van der Waals surface area contributed by atoms with Gasteiger partial charge in [0, 0.05) is 35.6 Å². The van der Waals surface area contributed by atoms with Gasteiger partial charge in [0.05, 0.1) is 12.1 Å². The third-order valence-corrected chi connectivity index (χ3v) is 4.55. The normalized spacial score (nSPS) is 13.3. The smallest absolute Gasteiger partial charge is 0.550 e. The molecule has 0 amide bonds. The minimum Gasteiger partial charge on any atom is -0.550 e. The van der Waals surface area contributed by atoms with Crippen LogP contribution in [0.4, 0.5) is 0 Å². The molecule has 0 aromatic rings. The second kappa shape index (κ2) is 13.6. The van der Waals surface area contributed by atoms with Gasteiger partial charge in [-0.05, 0) is 12.8 Å². The van der Waals surface area contributed by atoms with Crippen molar-refractivity contribution in [1.29, 1.82) is 0 Å². The summed E-state index contributed by atoms with van der Waals surface area (Å²) in [5, 5.41) is 20.4. The Morgan fingerprint density at radius 2 is 0.963 bits per heavy atom. The standard InChI is InChI=1S/2C9H17NO3.Ca/c2*1-4-9(2,3)8(13)6(10)5-7(11)12;/h2*6H,4-5,10H2,1-3H3,(H,11,12);/q;;+2/p-2. The molecule has 9 heteroatoms. The molecular formula is C18H32CaN2O6. The molecule has 0 bridgehead atoms. The summed E-state index contributed by atoms with van der Waals surface area (Å²) < 4.78 is 0. The first kappa shape index (κ1) is 31.2. The zero-order valence-corrected chi connectivity index (χ0v) is 19.5. The molecule has 0 aliphatic rings. The van der Waals surface area contributed by atoms with Crippen molar-refractivity contribution in [2.45, 2.75) is 79.3 Å². The van der Waals surface area contributed by atoms with Crippen molar-refractivity contribution in [3.63, 3.8) is 0 Å². The molecule has 4 N–H and O–H groups in total. The van der Waals surface area contributed by atoms with Gasteiger partial charge in [0.1, 0.15) is 0 Å². The van der Waals surface area contributed by atoms with Gasteiger partial charge in [-0.15, -0.1) is 0 Å². The summed E-state index contributed by atoms with van der Waals surface area (Å²) in [6.45, 7) is 10.7. The molecule has 0 aromatic heterocycles. The van der Waals surface area contributed by atoms with Gasteiger partial charge in [-0.25, -0.2) is 0 Å². The molecule has 27 heavy (non-hydrogen) atoms. The number of carbonyl (C=O) groups is 4. The number of nitrogens with two attached hydrogens (primary N) is 2. The summed E-state index contributed by atoms with van der Waals surface area (Å²) in [7, 11) is 0. The number of carbonyl (C=O) groups excluding carboxylic acids is 4. The van der Waals surface area contributed by atoms with Gasteiger partial charge in [-0.2, -0.15) is 0 Å². The number of hydrogen-bond donors (Lipinski definition) is 2. The van der Waals surface area contributed by atoms with E-state index in [2.05, 4.69) is 0 Å². The van der Waals surface area contributed by atoms with Crippen molar-refractivity contribution in [3.05, 3.63) is 0 Å². The van der Waals surface area contributed by atoms with E-state index in [4.69, 9.17) is 11.5 Å². The van der Waals surface area contributed by atoms with Crippen molar-refractivity contribution >= 4 is 61.2 Å². The van der Waals surface area contributed by atoms with E-state index in [-0.39, 0.29) is 49.3 Å². The van der Waals surface area contributed by atoms with Crippen LogP contribution in [0.5, 0.6) is 0 Å². The number of Topliss-reactive ketones (excluding diaryl/α,β-unsaturated/α-hetero) is 2. The van der Waals surface area contributed by atoms with E-state index in [1.807, 2.05) is 13.8 Å². The topological polar surface area (TPSA) is 166 Å². The van der Waals surface area contributed by atoms with E-state index in [1.165, 1.54) is 0 Å². The van der Waals surface area contributed by atoms with E-state index in [0.29, 0.717) is 12.8 Å². The molecule has 0 aliphatic carbocycles. The quantitative estimate of drug-likeness (QED) is 0.410. The zero-order valence-electron chi connectivity index (χ0n) is 17.3. The second-order valence-corrected chi connectivity index (χ2v) is 7.57. The molecule has 0 radical (unpaired) electrons. The van der Waals surface area contributed by atoms with Crippen LogP contribution in [0.2, 0.25) is 0 Å². The van der Waals surface area contributed by atoms with E-state index >= 15 is 0 Å². The fourth-order valence-corrected chi connectivity index (χ4v) is 1.90. The summed E-state index contributed by atoms with van der Waals surface area (Å²) in [5.41, 5.74) is 9.73. The van der Waals surface area contributed by atoms with Crippen molar-refractivity contribution in [2.75, 3.05) is 0 Å². The first-order chi connectivity index (χ1) is 11.6. The number of carboxylic acid groups (broad SMARTS) is 2. The van der Waals surface area contributed by atoms with Gasteiger partial charge in [0.25, 0.3) is 0 Å². The summed E-state index contributed by atoms with van der Waals surface area (Å²) in [5.74, 6) is -3.01. The SMILES string of the molecule is CCC(C)(C)C(=O)C(N)CC(=O)[O-].CCC(C)(C)C(=O)C(N)CC(=O)[O-].[Ca+2]. The summed E-state index contributed by atoms with van der Waals surface area (Å²) in [6, 6.07) is -1.89. The molecular weight excluding hydrogens is 380 g/mol. The van der Waals surface area contributed by atoms with Crippen LogP contribution < -0.4 is 21.7 Å². The Hall–Kier alpha value is -0.540. The Balaban J connectivity index is -0.000000411. The fraction of sp³-hybridized carbons (Fsp3) is 0.778. The zero-order chi connectivity index (χ0) is 21.3. The van der Waals surface area contributed by atoms with Crippen LogP contribution >= 0.6 is 0 Å². The van der Waals surface area contributed by atoms with Crippen LogP contribution in [0, 0.1) is 10.8 Å². The van der Waals surface area contributed by atoms with Gasteiger partial charge in [-0.1, -0.05) is 41.5 Å². The van der Waals surface area contributed by atoms with Crippen molar-refractivity contribution in [2.24, 2.45) is 22.3 Å². The van der Waals surface area contributed by atoms with Crippen LogP contribution in [-0.2, 0) is 19.2 Å². The predicted molar refractivity (Wildman–Crippen MR) is 99.1 cm³/mol. The molecule has 0 aromatic carbocycles. The number of hydrogen-bond acceptors (Lipinski definition) is 8. The van der Waals surface area contributed by atoms with Crippen LogP contribution in [-0.4, -0.2) is 73.3 Å². The number of carboxylic acids is 2. The first-order valence-corrected chi connectivity index (χ1v) is 8.61. The molecule has 0 fully saturated rings. The molecule has 0 heterocycles. The minimum atomic E-state index is -1.28. The molecule has 2 atom stereocenters. The largest absolute Gasteiger partial charge is 2.00 e. The Bertz CT molecular complexity index is 474. The van der Waals surface area contributed by atoms with Gasteiger partial charge < -0.3 is 31.3 Å².